The molecule has 4 rings (SSSR count). The number of hydrogen-bond acceptors (Lipinski definition) is 5. The number of carboxylic acids is 1. The summed E-state index contributed by atoms with van der Waals surface area (Å²) in [5.74, 6) is -1.04. The Morgan fingerprint density at radius 3 is 2.48 bits per heavy atom. The zero-order valence-corrected chi connectivity index (χ0v) is 18.8. The molecule has 0 radical (unpaired) electrons. The summed E-state index contributed by atoms with van der Waals surface area (Å²) in [6.07, 6.45) is -0.338. The highest BCUT2D eigenvalue weighted by Gasteiger charge is 2.24. The standard InChI is InChI=1S/C24H25ClN4O4/c25-18-8-4-5-9-21(18)29-24(32)23(19(27-29)14-22(30)31)20(16-28-10-12-33-13-11-28)26-15-17-6-2-1-3-7-17/h1-9,27H,10-16H2,(H,30,31). The number of aliphatic carboxylic acids is 1. The Hall–Kier alpha value is -3.20. The highest BCUT2D eigenvalue weighted by molar-refractivity contribution is 6.32. The first-order valence-corrected chi connectivity index (χ1v) is 11.1. The van der Waals surface area contributed by atoms with E-state index in [1.54, 1.807) is 24.3 Å². The van der Waals surface area contributed by atoms with Gasteiger partial charge in [-0.25, -0.2) is 4.68 Å². The van der Waals surface area contributed by atoms with Gasteiger partial charge in [-0.3, -0.25) is 24.6 Å². The quantitative estimate of drug-likeness (QED) is 0.495. The summed E-state index contributed by atoms with van der Waals surface area (Å²) in [4.78, 5) is 32.1. The van der Waals surface area contributed by atoms with E-state index in [2.05, 4.69) is 10.00 Å². The van der Waals surface area contributed by atoms with Crippen molar-refractivity contribution in [2.45, 2.75) is 13.0 Å². The Morgan fingerprint density at radius 1 is 1.09 bits per heavy atom. The molecule has 1 aromatic heterocycles. The van der Waals surface area contributed by atoms with Crippen molar-refractivity contribution in [3.63, 3.8) is 0 Å². The van der Waals surface area contributed by atoms with E-state index < -0.39 is 5.97 Å². The van der Waals surface area contributed by atoms with Gasteiger partial charge in [0.05, 0.1) is 53.9 Å². The molecule has 0 saturated carbocycles. The summed E-state index contributed by atoms with van der Waals surface area (Å²) in [5, 5.41) is 12.9. The van der Waals surface area contributed by atoms with Crippen molar-refractivity contribution in [3.8, 4) is 5.69 Å². The van der Waals surface area contributed by atoms with Crippen LogP contribution < -0.4 is 5.56 Å². The first-order chi connectivity index (χ1) is 16.0. The summed E-state index contributed by atoms with van der Waals surface area (Å²) in [6.45, 7) is 3.42. The summed E-state index contributed by atoms with van der Waals surface area (Å²) >= 11 is 6.33. The first-order valence-electron chi connectivity index (χ1n) is 10.7. The number of halogens is 1. The van der Waals surface area contributed by atoms with Crippen molar-refractivity contribution in [2.24, 2.45) is 4.99 Å². The van der Waals surface area contributed by atoms with Crippen molar-refractivity contribution < 1.29 is 14.6 Å². The van der Waals surface area contributed by atoms with Crippen LogP contribution in [0, 0.1) is 0 Å². The Bertz CT molecular complexity index is 1200. The normalized spacial score (nSPS) is 15.0. The van der Waals surface area contributed by atoms with Crippen LogP contribution in [0.15, 0.2) is 64.4 Å². The molecule has 0 spiro atoms. The maximum absolute atomic E-state index is 13.6. The molecule has 9 heteroatoms. The topological polar surface area (TPSA) is 99.9 Å². The number of aliphatic imine (C=N–C) groups is 1. The predicted molar refractivity (Wildman–Crippen MR) is 127 cm³/mol. The largest absolute Gasteiger partial charge is 0.481 e. The van der Waals surface area contributed by atoms with E-state index in [4.69, 9.17) is 21.3 Å². The molecule has 2 N–H and O–H groups in total. The van der Waals surface area contributed by atoms with Crippen molar-refractivity contribution in [2.75, 3.05) is 32.8 Å². The Kier molecular flexibility index (Phi) is 7.39. The lowest BCUT2D eigenvalue weighted by Gasteiger charge is -2.27. The Labute approximate surface area is 196 Å². The van der Waals surface area contributed by atoms with Crippen molar-refractivity contribution in [1.29, 1.82) is 0 Å². The number of carbonyl (C=O) groups is 1. The van der Waals surface area contributed by atoms with Gasteiger partial charge in [0.1, 0.15) is 0 Å². The van der Waals surface area contributed by atoms with Gasteiger partial charge in [0.15, 0.2) is 0 Å². The number of aromatic amines is 1. The van der Waals surface area contributed by atoms with Gasteiger partial charge in [-0.2, -0.15) is 0 Å². The first kappa shape index (κ1) is 23.0. The zero-order chi connectivity index (χ0) is 23.2. The molecule has 0 atom stereocenters. The number of para-hydroxylation sites is 1. The van der Waals surface area contributed by atoms with Gasteiger partial charge < -0.3 is 9.84 Å². The lowest BCUT2D eigenvalue weighted by Crippen LogP contribution is -2.41. The van der Waals surface area contributed by atoms with E-state index in [0.717, 1.165) is 5.56 Å². The van der Waals surface area contributed by atoms with Gasteiger partial charge in [-0.15, -0.1) is 0 Å². The number of benzene rings is 2. The Morgan fingerprint density at radius 2 is 1.79 bits per heavy atom. The molecule has 2 heterocycles. The highest BCUT2D eigenvalue weighted by atomic mass is 35.5. The summed E-state index contributed by atoms with van der Waals surface area (Å²) in [5.41, 5.74) is 2.20. The third kappa shape index (κ3) is 5.60. The molecule has 1 saturated heterocycles. The highest BCUT2D eigenvalue weighted by Crippen LogP contribution is 2.19. The van der Waals surface area contributed by atoms with Crippen LogP contribution in [0.25, 0.3) is 5.69 Å². The van der Waals surface area contributed by atoms with E-state index in [0.29, 0.717) is 61.5 Å². The number of nitrogens with one attached hydrogen (secondary N) is 1. The fourth-order valence-electron chi connectivity index (χ4n) is 3.81. The third-order valence-corrected chi connectivity index (χ3v) is 5.77. The second-order valence-corrected chi connectivity index (χ2v) is 8.17. The van der Waals surface area contributed by atoms with Crippen LogP contribution in [0.1, 0.15) is 16.8 Å². The fourth-order valence-corrected chi connectivity index (χ4v) is 4.03. The third-order valence-electron chi connectivity index (χ3n) is 5.45. The van der Waals surface area contributed by atoms with Crippen LogP contribution in [-0.4, -0.2) is 64.3 Å². The molecular formula is C24H25ClN4O4. The monoisotopic (exact) mass is 468 g/mol. The average molecular weight is 469 g/mol. The summed E-state index contributed by atoms with van der Waals surface area (Å²) in [7, 11) is 0. The number of hydrogen-bond donors (Lipinski definition) is 2. The summed E-state index contributed by atoms with van der Waals surface area (Å²) < 4.78 is 6.74. The molecule has 0 amide bonds. The smallest absolute Gasteiger partial charge is 0.309 e. The number of morpholine rings is 1. The second-order valence-electron chi connectivity index (χ2n) is 7.76. The summed E-state index contributed by atoms with van der Waals surface area (Å²) in [6, 6.07) is 16.6. The van der Waals surface area contributed by atoms with Crippen LogP contribution in [0.3, 0.4) is 0 Å². The van der Waals surface area contributed by atoms with Gasteiger partial charge in [0.2, 0.25) is 0 Å². The lowest BCUT2D eigenvalue weighted by molar-refractivity contribution is -0.136. The molecule has 3 aromatic rings. The minimum absolute atomic E-state index is 0.278. The minimum Gasteiger partial charge on any atom is -0.481 e. The van der Waals surface area contributed by atoms with Crippen LogP contribution in [-0.2, 0) is 22.5 Å². The van der Waals surface area contributed by atoms with E-state index in [1.165, 1.54) is 4.68 Å². The van der Waals surface area contributed by atoms with Gasteiger partial charge in [-0.1, -0.05) is 54.1 Å². The number of H-pyrrole nitrogens is 1. The predicted octanol–water partition coefficient (Wildman–Crippen LogP) is 2.77. The van der Waals surface area contributed by atoms with Crippen molar-refractivity contribution >= 4 is 23.3 Å². The second kappa shape index (κ2) is 10.6. The van der Waals surface area contributed by atoms with Gasteiger partial charge in [-0.05, 0) is 17.7 Å². The maximum Gasteiger partial charge on any atom is 0.309 e. The maximum atomic E-state index is 13.6. The SMILES string of the molecule is O=C(O)Cc1[nH]n(-c2ccccc2Cl)c(=O)c1C(CN1CCOCC1)=NCc1ccccc1. The average Bonchev–Trinajstić information content (AvgIpc) is 3.13. The number of ether oxygens (including phenoxy) is 1. The molecule has 1 aliphatic rings. The number of nitrogens with zero attached hydrogens (tertiary/aromatic N) is 3. The van der Waals surface area contributed by atoms with Gasteiger partial charge in [0, 0.05) is 19.6 Å². The fraction of sp³-hybridized carbons (Fsp3) is 0.292. The van der Waals surface area contributed by atoms with E-state index in [9.17, 15) is 14.7 Å². The molecule has 2 aromatic carbocycles. The molecule has 0 unspecified atom stereocenters. The van der Waals surface area contributed by atoms with Gasteiger partial charge in [0.25, 0.3) is 5.56 Å². The molecule has 172 valence electrons. The number of carboxylic acid groups (broad SMARTS) is 1. The minimum atomic E-state index is -1.04. The zero-order valence-electron chi connectivity index (χ0n) is 18.0. The molecule has 1 aliphatic heterocycles. The van der Waals surface area contributed by atoms with Crippen molar-refractivity contribution in [1.82, 2.24) is 14.7 Å². The molecule has 33 heavy (non-hydrogen) atoms. The molecular weight excluding hydrogens is 444 g/mol. The molecule has 0 bridgehead atoms. The van der Waals surface area contributed by atoms with Crippen molar-refractivity contribution in [3.05, 3.63) is 86.8 Å². The van der Waals surface area contributed by atoms with Crippen LogP contribution in [0.5, 0.6) is 0 Å². The molecule has 8 nitrogen and oxygen atoms in total. The Balaban J connectivity index is 1.80. The van der Waals surface area contributed by atoms with Gasteiger partial charge >= 0.3 is 5.97 Å². The van der Waals surface area contributed by atoms with E-state index in [-0.39, 0.29) is 17.5 Å². The van der Waals surface area contributed by atoms with Crippen LogP contribution >= 0.6 is 11.6 Å². The molecule has 0 aliphatic carbocycles. The number of rotatable bonds is 8. The molecule has 1 fully saturated rings. The lowest BCUT2D eigenvalue weighted by atomic mass is 10.1. The van der Waals surface area contributed by atoms with Crippen LogP contribution in [0.2, 0.25) is 5.02 Å². The van der Waals surface area contributed by atoms with E-state index >= 15 is 0 Å². The van der Waals surface area contributed by atoms with Crippen LogP contribution in [0.4, 0.5) is 0 Å². The number of aromatic nitrogens is 2. The van der Waals surface area contributed by atoms with E-state index in [1.807, 2.05) is 30.3 Å².